The van der Waals surface area contributed by atoms with Crippen molar-refractivity contribution in [3.8, 4) is 29.0 Å². The summed E-state index contributed by atoms with van der Waals surface area (Å²) in [6, 6.07) is 27.4. The van der Waals surface area contributed by atoms with Crippen molar-refractivity contribution in [2.45, 2.75) is 46.3 Å². The number of thiophene rings is 1. The second kappa shape index (κ2) is 23.2. The Labute approximate surface area is 487 Å². The van der Waals surface area contributed by atoms with Crippen molar-refractivity contribution >= 4 is 134 Å². The highest BCUT2D eigenvalue weighted by atomic mass is 32.2. The number of pyridine rings is 1. The molecule has 27 nitrogen and oxygen atoms in total. The second-order valence-corrected chi connectivity index (χ2v) is 26.3. The van der Waals surface area contributed by atoms with Gasteiger partial charge in [-0.05, 0) is 127 Å². The lowest BCUT2D eigenvalue weighted by Crippen LogP contribution is -2.11. The van der Waals surface area contributed by atoms with Gasteiger partial charge in [-0.2, -0.15) is 57.7 Å². The third-order valence-corrected chi connectivity index (χ3v) is 18.2. The Morgan fingerprint density at radius 1 is 0.565 bits per heavy atom. The fourth-order valence-electron chi connectivity index (χ4n) is 8.61. The van der Waals surface area contributed by atoms with Crippen LogP contribution in [0.2, 0.25) is 0 Å². The number of benzene rings is 6. The number of rotatable bonds is 17. The molecule has 2 heterocycles. The van der Waals surface area contributed by atoms with E-state index in [0.29, 0.717) is 35.0 Å². The van der Waals surface area contributed by atoms with Crippen LogP contribution in [0.15, 0.2) is 176 Å². The Kier molecular flexibility index (Phi) is 16.5. The van der Waals surface area contributed by atoms with Crippen LogP contribution >= 0.6 is 11.3 Å². The predicted octanol–water partition coefficient (Wildman–Crippen LogP) is 12.3. The highest BCUT2D eigenvalue weighted by Crippen LogP contribution is 2.50. The molecule has 0 saturated heterocycles. The van der Waals surface area contributed by atoms with Gasteiger partial charge in [0, 0.05) is 34.0 Å². The number of nitrogens with one attached hydrogen (secondary N) is 2. The third kappa shape index (κ3) is 13.2. The standard InChI is InChI=1S/C52H39N11O16S6/c1-27-18-42(44(79-3)24-41(27)58-60-43-23-38-32(21-46(43)85(76,77)78)20-37(83(70,71)72)22-45(38)84(73,74)75)59-63-52-47(31-9-8-29-6-4-5-7-30(29)19-31)40(26-54)51(80-52)62-61-48-28(2)39(25-53)49(55-33-10-14-35(15-11-33)81(64,65)66)57-50(48)56-34-12-16-36(17-13-34)82(67,68)69/h4-10,12-14,16-24H,11,15H2,1-3H3,(H2,55,56,57)(H,64,65,66)(H,67,68,69)(H,70,71,72)(H,73,74,75)(H,76,77,78). The van der Waals surface area contributed by atoms with Gasteiger partial charge < -0.3 is 15.4 Å². The summed E-state index contributed by atoms with van der Waals surface area (Å²) in [4.78, 5) is 0.963. The summed E-state index contributed by atoms with van der Waals surface area (Å²) in [5, 5.41) is 54.6. The molecule has 1 aliphatic rings. The van der Waals surface area contributed by atoms with Crippen LogP contribution in [0.4, 0.5) is 50.1 Å². The zero-order chi connectivity index (χ0) is 61.6. The normalized spacial score (nSPS) is 13.5. The van der Waals surface area contributed by atoms with Gasteiger partial charge in [0.15, 0.2) is 16.6 Å². The number of allylic oxidation sites excluding steroid dienone is 4. The summed E-state index contributed by atoms with van der Waals surface area (Å²) < 4.78 is 176. The van der Waals surface area contributed by atoms with Crippen LogP contribution in [-0.4, -0.2) is 76.9 Å². The van der Waals surface area contributed by atoms with E-state index in [2.05, 4.69) is 58.4 Å². The van der Waals surface area contributed by atoms with Gasteiger partial charge in [0.2, 0.25) is 0 Å². The van der Waals surface area contributed by atoms with Crippen LogP contribution in [0.25, 0.3) is 32.7 Å². The lowest BCUT2D eigenvalue weighted by atomic mass is 10.00. The first-order chi connectivity index (χ1) is 39.9. The molecule has 0 radical (unpaired) electrons. The Hall–Kier alpha value is -9.10. The Morgan fingerprint density at radius 2 is 1.21 bits per heavy atom. The largest absolute Gasteiger partial charge is 0.494 e. The number of methoxy groups -OCH3 is 1. The number of hydrogen-bond donors (Lipinski definition) is 7. The third-order valence-electron chi connectivity index (χ3n) is 12.8. The SMILES string of the molecule is COc1cc(N=Nc2cc3c(S(=O)(=O)O)cc(S(=O)(=O)O)cc3cc2S(=O)(=O)O)c(C)cc1N=Nc1sc(N=Nc2c(Nc3ccc(S(=O)(=O)O)cc3)nc(NC3=CC=C(S(=O)(=O)O)CC3)c(C#N)c2C)c(C#N)c1-c1ccc2ccccc2c1. The number of nitrogens with zero attached hydrogens (tertiary/aromatic N) is 9. The second-order valence-electron chi connectivity index (χ2n) is 18.3. The molecule has 0 fully saturated rings. The number of azo groups is 3. The number of fused-ring (bicyclic) bond motifs is 2. The maximum atomic E-state index is 12.6. The minimum Gasteiger partial charge on any atom is -0.494 e. The summed E-state index contributed by atoms with van der Waals surface area (Å²) in [5.41, 5.74) is 1.25. The van der Waals surface area contributed by atoms with Crippen molar-refractivity contribution in [1.82, 2.24) is 4.98 Å². The molecular weight excluding hydrogens is 1230 g/mol. The van der Waals surface area contributed by atoms with Gasteiger partial charge in [-0.3, -0.25) is 22.8 Å². The molecule has 2 aromatic heterocycles. The number of hydrogen-bond acceptors (Lipinski definition) is 23. The van der Waals surface area contributed by atoms with Gasteiger partial charge in [0.05, 0.1) is 33.1 Å². The number of anilines is 3. The average Bonchev–Trinajstić information content (AvgIpc) is 3.94. The molecule has 0 atom stereocenters. The fourth-order valence-corrected chi connectivity index (χ4v) is 12.6. The highest BCUT2D eigenvalue weighted by Gasteiger charge is 2.27. The zero-order valence-corrected chi connectivity index (χ0v) is 48.5. The van der Waals surface area contributed by atoms with Gasteiger partial charge in [-0.15, -0.1) is 25.6 Å². The minimum atomic E-state index is -5.24. The summed E-state index contributed by atoms with van der Waals surface area (Å²) in [6.45, 7) is 3.08. The molecule has 0 spiro atoms. The van der Waals surface area contributed by atoms with Crippen LogP contribution in [0.3, 0.4) is 0 Å². The van der Waals surface area contributed by atoms with Gasteiger partial charge in [0.1, 0.15) is 55.3 Å². The van der Waals surface area contributed by atoms with Crippen LogP contribution in [0, 0.1) is 36.5 Å². The van der Waals surface area contributed by atoms with Crippen LogP contribution in [0.1, 0.15) is 35.1 Å². The van der Waals surface area contributed by atoms with Crippen molar-refractivity contribution in [1.29, 1.82) is 10.5 Å². The number of aromatic nitrogens is 1. The topological polar surface area (TPSA) is 440 Å². The molecule has 8 aromatic rings. The van der Waals surface area contributed by atoms with Crippen LogP contribution in [-0.2, 0) is 50.6 Å². The summed E-state index contributed by atoms with van der Waals surface area (Å²) >= 11 is 0.887. The van der Waals surface area contributed by atoms with Crippen molar-refractivity contribution in [3.63, 3.8) is 0 Å². The molecule has 9 rings (SSSR count). The number of aryl methyl sites for hydroxylation is 1. The molecule has 0 amide bonds. The molecule has 0 unspecified atom stereocenters. The van der Waals surface area contributed by atoms with E-state index in [1.54, 1.807) is 13.0 Å². The first kappa shape index (κ1) is 60.5. The van der Waals surface area contributed by atoms with Crippen molar-refractivity contribution < 1.29 is 69.6 Å². The Balaban J connectivity index is 1.14. The molecule has 434 valence electrons. The van der Waals surface area contributed by atoms with E-state index in [-0.39, 0.29) is 90.1 Å². The monoisotopic (exact) mass is 1270 g/mol. The molecule has 0 aliphatic heterocycles. The molecule has 6 aromatic carbocycles. The van der Waals surface area contributed by atoms with E-state index in [4.69, 9.17) is 4.74 Å². The Bertz CT molecular complexity index is 5020. The predicted molar refractivity (Wildman–Crippen MR) is 309 cm³/mol. The molecule has 0 saturated carbocycles. The van der Waals surface area contributed by atoms with E-state index < -0.39 is 86.6 Å². The molecular formula is C52H39N11O16S6. The first-order valence-electron chi connectivity index (χ1n) is 23.9. The quantitative estimate of drug-likeness (QED) is 0.0329. The van der Waals surface area contributed by atoms with Crippen molar-refractivity contribution in [3.05, 3.63) is 148 Å². The van der Waals surface area contributed by atoms with E-state index in [0.717, 1.165) is 40.3 Å². The van der Waals surface area contributed by atoms with Crippen LogP contribution in [0.5, 0.6) is 5.75 Å². The summed E-state index contributed by atoms with van der Waals surface area (Å²) in [5.74, 6) is -0.0621. The fraction of sp³-hybridized carbons (Fsp3) is 0.0962. The van der Waals surface area contributed by atoms with Crippen molar-refractivity contribution in [2.75, 3.05) is 17.7 Å². The molecule has 7 N–H and O–H groups in total. The molecule has 33 heteroatoms. The highest BCUT2D eigenvalue weighted by molar-refractivity contribution is 7.89. The maximum Gasteiger partial charge on any atom is 0.296 e. The Morgan fingerprint density at radius 3 is 1.82 bits per heavy atom. The first-order valence-corrected chi connectivity index (χ1v) is 31.9. The molecule has 1 aliphatic carbocycles. The van der Waals surface area contributed by atoms with Gasteiger partial charge in [0.25, 0.3) is 50.6 Å². The van der Waals surface area contributed by atoms with E-state index in [1.807, 2.05) is 36.4 Å². The lowest BCUT2D eigenvalue weighted by molar-refractivity contribution is 0.416. The van der Waals surface area contributed by atoms with Crippen LogP contribution < -0.4 is 15.4 Å². The van der Waals surface area contributed by atoms with Gasteiger partial charge in [-0.1, -0.05) is 47.7 Å². The zero-order valence-electron chi connectivity index (χ0n) is 43.6. The van der Waals surface area contributed by atoms with Crippen molar-refractivity contribution in [2.24, 2.45) is 30.7 Å². The minimum absolute atomic E-state index is 0.00333. The number of ether oxygens (including phenoxy) is 1. The summed E-state index contributed by atoms with van der Waals surface area (Å²) in [6.07, 6.45) is 2.61. The van der Waals surface area contributed by atoms with Gasteiger partial charge >= 0.3 is 0 Å². The lowest BCUT2D eigenvalue weighted by Gasteiger charge is -2.18. The number of nitriles is 2. The molecule has 85 heavy (non-hydrogen) atoms. The van der Waals surface area contributed by atoms with E-state index in [9.17, 15) is 75.4 Å². The van der Waals surface area contributed by atoms with E-state index in [1.165, 1.54) is 50.5 Å². The summed E-state index contributed by atoms with van der Waals surface area (Å²) in [7, 11) is -23.3. The van der Waals surface area contributed by atoms with E-state index >= 15 is 0 Å². The molecule has 0 bridgehead atoms. The maximum absolute atomic E-state index is 12.6. The van der Waals surface area contributed by atoms with Gasteiger partial charge in [-0.25, -0.2) is 4.98 Å². The average molecular weight is 1270 g/mol. The smallest absolute Gasteiger partial charge is 0.296 e.